The SMILES string of the molecule is COC(=O)C(C)CS(=O)Cc1ccc(OC)cc1. The van der Waals surface area contributed by atoms with Crippen molar-refractivity contribution in [3.05, 3.63) is 29.8 Å². The van der Waals surface area contributed by atoms with E-state index >= 15 is 0 Å². The van der Waals surface area contributed by atoms with Crippen molar-refractivity contribution in [1.82, 2.24) is 0 Å². The molecule has 0 bridgehead atoms. The number of esters is 1. The van der Waals surface area contributed by atoms with E-state index in [1.165, 1.54) is 7.11 Å². The highest BCUT2D eigenvalue weighted by Crippen LogP contribution is 2.13. The van der Waals surface area contributed by atoms with Crippen molar-refractivity contribution in [3.8, 4) is 5.75 Å². The molecule has 0 radical (unpaired) electrons. The van der Waals surface area contributed by atoms with Gasteiger partial charge in [0.15, 0.2) is 0 Å². The first-order valence-corrected chi connectivity index (χ1v) is 7.11. The molecule has 0 aromatic heterocycles. The van der Waals surface area contributed by atoms with Gasteiger partial charge in [-0.15, -0.1) is 0 Å². The van der Waals surface area contributed by atoms with Crippen molar-refractivity contribution in [2.75, 3.05) is 20.0 Å². The minimum Gasteiger partial charge on any atom is -0.497 e. The molecule has 0 heterocycles. The lowest BCUT2D eigenvalue weighted by Gasteiger charge is -2.09. The molecule has 1 rings (SSSR count). The van der Waals surface area contributed by atoms with Crippen LogP contribution in [0.1, 0.15) is 12.5 Å². The van der Waals surface area contributed by atoms with Crippen LogP contribution in [0.25, 0.3) is 0 Å². The Morgan fingerprint density at radius 3 is 2.39 bits per heavy atom. The number of carbonyl (C=O) groups excluding carboxylic acids is 1. The summed E-state index contributed by atoms with van der Waals surface area (Å²) < 4.78 is 21.5. The lowest BCUT2D eigenvalue weighted by Crippen LogP contribution is -2.20. The Morgan fingerprint density at radius 1 is 1.28 bits per heavy atom. The molecule has 1 aromatic carbocycles. The molecule has 1 aromatic rings. The number of hydrogen-bond acceptors (Lipinski definition) is 4. The average molecular weight is 270 g/mol. The molecule has 18 heavy (non-hydrogen) atoms. The number of benzene rings is 1. The second kappa shape index (κ2) is 7.16. The van der Waals surface area contributed by atoms with Crippen LogP contribution in [-0.4, -0.2) is 30.2 Å². The number of hydrogen-bond donors (Lipinski definition) is 0. The van der Waals surface area contributed by atoms with Gasteiger partial charge < -0.3 is 9.47 Å². The maximum atomic E-state index is 11.9. The fourth-order valence-electron chi connectivity index (χ4n) is 1.51. The lowest BCUT2D eigenvalue weighted by molar-refractivity contribution is -0.144. The van der Waals surface area contributed by atoms with Crippen molar-refractivity contribution in [2.24, 2.45) is 5.92 Å². The normalized spacial score (nSPS) is 13.7. The molecule has 100 valence electrons. The van der Waals surface area contributed by atoms with Crippen LogP contribution < -0.4 is 4.74 Å². The van der Waals surface area contributed by atoms with Crippen molar-refractivity contribution >= 4 is 16.8 Å². The fraction of sp³-hybridized carbons (Fsp3) is 0.462. The molecule has 2 unspecified atom stereocenters. The van der Waals surface area contributed by atoms with Crippen LogP contribution in [0.2, 0.25) is 0 Å². The first-order chi connectivity index (χ1) is 8.56. The van der Waals surface area contributed by atoms with Gasteiger partial charge in [0.2, 0.25) is 0 Å². The summed E-state index contributed by atoms with van der Waals surface area (Å²) in [5, 5.41) is 0. The maximum Gasteiger partial charge on any atom is 0.309 e. The zero-order valence-electron chi connectivity index (χ0n) is 10.8. The summed E-state index contributed by atoms with van der Waals surface area (Å²) in [6.07, 6.45) is 0. The smallest absolute Gasteiger partial charge is 0.309 e. The van der Waals surface area contributed by atoms with Crippen molar-refractivity contribution < 1.29 is 18.5 Å². The highest BCUT2D eigenvalue weighted by atomic mass is 32.2. The van der Waals surface area contributed by atoms with Gasteiger partial charge in [-0.05, 0) is 17.7 Å². The standard InChI is InChI=1S/C13H18O4S/c1-10(13(14)17-3)8-18(15)9-11-4-6-12(16-2)7-5-11/h4-7,10H,8-9H2,1-3H3. The molecule has 0 N–H and O–H groups in total. The third-order valence-corrected chi connectivity index (χ3v) is 4.05. The van der Waals surface area contributed by atoms with Gasteiger partial charge in [-0.2, -0.15) is 0 Å². The second-order valence-electron chi connectivity index (χ2n) is 4.02. The first-order valence-electron chi connectivity index (χ1n) is 5.62. The fourth-order valence-corrected chi connectivity index (χ4v) is 2.89. The van der Waals surface area contributed by atoms with E-state index in [0.717, 1.165) is 11.3 Å². The Hall–Kier alpha value is -1.36. The van der Waals surface area contributed by atoms with Gasteiger partial charge in [0.25, 0.3) is 0 Å². The molecule has 0 aliphatic heterocycles. The molecular weight excluding hydrogens is 252 g/mol. The quantitative estimate of drug-likeness (QED) is 0.739. The molecule has 0 saturated heterocycles. The van der Waals surface area contributed by atoms with Crippen LogP contribution in [-0.2, 0) is 26.1 Å². The first kappa shape index (κ1) is 14.7. The topological polar surface area (TPSA) is 52.6 Å². The van der Waals surface area contributed by atoms with Crippen LogP contribution >= 0.6 is 0 Å². The molecule has 0 aliphatic rings. The van der Waals surface area contributed by atoms with Gasteiger partial charge in [0.05, 0.1) is 20.1 Å². The van der Waals surface area contributed by atoms with E-state index in [9.17, 15) is 9.00 Å². The summed E-state index contributed by atoms with van der Waals surface area (Å²) >= 11 is 0. The highest BCUT2D eigenvalue weighted by Gasteiger charge is 2.16. The van der Waals surface area contributed by atoms with E-state index in [2.05, 4.69) is 4.74 Å². The largest absolute Gasteiger partial charge is 0.497 e. The van der Waals surface area contributed by atoms with Gasteiger partial charge in [-0.1, -0.05) is 19.1 Å². The third kappa shape index (κ3) is 4.49. The third-order valence-electron chi connectivity index (χ3n) is 2.53. The number of rotatable bonds is 6. The van der Waals surface area contributed by atoms with E-state index < -0.39 is 10.8 Å². The van der Waals surface area contributed by atoms with Gasteiger partial charge in [0.1, 0.15) is 5.75 Å². The molecule has 0 fully saturated rings. The molecule has 2 atom stereocenters. The van der Waals surface area contributed by atoms with E-state index in [-0.39, 0.29) is 11.9 Å². The molecule has 0 spiro atoms. The highest BCUT2D eigenvalue weighted by molar-refractivity contribution is 7.84. The average Bonchev–Trinajstić information content (AvgIpc) is 2.38. The Kier molecular flexibility index (Phi) is 5.85. The van der Waals surface area contributed by atoms with Gasteiger partial charge >= 0.3 is 5.97 Å². The van der Waals surface area contributed by atoms with Crippen LogP contribution in [0.4, 0.5) is 0 Å². The van der Waals surface area contributed by atoms with E-state index in [4.69, 9.17) is 4.74 Å². The second-order valence-corrected chi connectivity index (χ2v) is 5.52. The molecular formula is C13H18O4S. The zero-order chi connectivity index (χ0) is 13.5. The summed E-state index contributed by atoms with van der Waals surface area (Å²) in [7, 11) is 1.87. The Morgan fingerprint density at radius 2 is 1.89 bits per heavy atom. The van der Waals surface area contributed by atoms with Crippen molar-refractivity contribution in [1.29, 1.82) is 0 Å². The van der Waals surface area contributed by atoms with E-state index in [1.54, 1.807) is 14.0 Å². The summed E-state index contributed by atoms with van der Waals surface area (Å²) in [5.41, 5.74) is 0.964. The minimum atomic E-state index is -1.07. The number of carbonyl (C=O) groups is 1. The van der Waals surface area contributed by atoms with Crippen LogP contribution in [0, 0.1) is 5.92 Å². The molecule has 5 heteroatoms. The van der Waals surface area contributed by atoms with E-state index in [0.29, 0.717) is 11.5 Å². The lowest BCUT2D eigenvalue weighted by atomic mass is 10.2. The van der Waals surface area contributed by atoms with Crippen LogP contribution in [0.5, 0.6) is 5.75 Å². The number of ether oxygens (including phenoxy) is 2. The van der Waals surface area contributed by atoms with Crippen molar-refractivity contribution in [2.45, 2.75) is 12.7 Å². The summed E-state index contributed by atoms with van der Waals surface area (Å²) in [6, 6.07) is 7.41. The van der Waals surface area contributed by atoms with Gasteiger partial charge in [-0.25, -0.2) is 0 Å². The van der Waals surface area contributed by atoms with Gasteiger partial charge in [0, 0.05) is 22.3 Å². The molecule has 0 aliphatic carbocycles. The predicted octanol–water partition coefficient (Wildman–Crippen LogP) is 1.75. The predicted molar refractivity (Wildman–Crippen MR) is 70.9 cm³/mol. The Bertz CT molecular complexity index is 414. The Balaban J connectivity index is 2.51. The van der Waals surface area contributed by atoms with Crippen molar-refractivity contribution in [3.63, 3.8) is 0 Å². The van der Waals surface area contributed by atoms with E-state index in [1.807, 2.05) is 24.3 Å². The number of methoxy groups -OCH3 is 2. The summed E-state index contributed by atoms with van der Waals surface area (Å²) in [6.45, 7) is 1.72. The molecule has 0 saturated carbocycles. The zero-order valence-corrected chi connectivity index (χ0v) is 11.7. The summed E-state index contributed by atoms with van der Waals surface area (Å²) in [4.78, 5) is 11.2. The molecule has 0 amide bonds. The monoisotopic (exact) mass is 270 g/mol. The van der Waals surface area contributed by atoms with Crippen LogP contribution in [0.3, 0.4) is 0 Å². The molecule has 4 nitrogen and oxygen atoms in total. The summed E-state index contributed by atoms with van der Waals surface area (Å²) in [5.74, 6) is 0.865. The Labute approximate surface area is 110 Å². The maximum absolute atomic E-state index is 11.9. The van der Waals surface area contributed by atoms with Crippen LogP contribution in [0.15, 0.2) is 24.3 Å². The minimum absolute atomic E-state index is 0.318. The van der Waals surface area contributed by atoms with Gasteiger partial charge in [-0.3, -0.25) is 9.00 Å².